The normalized spacial score (nSPS) is 14.7. The summed E-state index contributed by atoms with van der Waals surface area (Å²) in [6, 6.07) is 2.02. The molecule has 0 saturated heterocycles. The zero-order valence-corrected chi connectivity index (χ0v) is 7.66. The first kappa shape index (κ1) is 8.23. The number of aliphatic imine (C=N–C) groups is 1. The van der Waals surface area contributed by atoms with Gasteiger partial charge in [-0.15, -0.1) is 0 Å². The summed E-state index contributed by atoms with van der Waals surface area (Å²) in [6.45, 7) is 3.39. The predicted molar refractivity (Wildman–Crippen MR) is 50.7 cm³/mol. The maximum atomic E-state index is 5.36. The molecule has 0 atom stereocenters. The van der Waals surface area contributed by atoms with Crippen LogP contribution in [0.15, 0.2) is 23.5 Å². The van der Waals surface area contributed by atoms with Gasteiger partial charge in [0, 0.05) is 12.4 Å². The molecule has 0 aliphatic carbocycles. The fraction of sp³-hybridized carbons (Fsp3) is 0.400. The van der Waals surface area contributed by atoms with Crippen LogP contribution in [0.2, 0.25) is 0 Å². The van der Waals surface area contributed by atoms with Crippen molar-refractivity contribution in [3.8, 4) is 0 Å². The van der Waals surface area contributed by atoms with E-state index >= 15 is 0 Å². The minimum Gasteiger partial charge on any atom is -0.481 e. The highest BCUT2D eigenvalue weighted by Crippen LogP contribution is 2.15. The number of hydrogen-bond donors (Lipinski definition) is 0. The van der Waals surface area contributed by atoms with Crippen molar-refractivity contribution in [1.29, 1.82) is 0 Å². The van der Waals surface area contributed by atoms with Crippen LogP contribution >= 0.6 is 0 Å². The van der Waals surface area contributed by atoms with Crippen LogP contribution in [0.25, 0.3) is 0 Å². The third-order valence-corrected chi connectivity index (χ3v) is 2.08. The molecule has 13 heavy (non-hydrogen) atoms. The van der Waals surface area contributed by atoms with Gasteiger partial charge in [-0.05, 0) is 24.1 Å². The SMILES string of the molecule is CCOC1=NCc2ccncc2C1. The van der Waals surface area contributed by atoms with Gasteiger partial charge in [0.05, 0.1) is 19.6 Å². The molecule has 1 aliphatic rings. The molecule has 2 rings (SSSR count). The first-order valence-electron chi connectivity index (χ1n) is 4.48. The van der Waals surface area contributed by atoms with Crippen LogP contribution in [0.5, 0.6) is 0 Å². The Hall–Kier alpha value is -1.38. The highest BCUT2D eigenvalue weighted by atomic mass is 16.5. The number of rotatable bonds is 1. The lowest BCUT2D eigenvalue weighted by Gasteiger charge is -2.15. The lowest BCUT2D eigenvalue weighted by atomic mass is 10.1. The Balaban J connectivity index is 2.18. The van der Waals surface area contributed by atoms with Crippen molar-refractivity contribution in [3.63, 3.8) is 0 Å². The van der Waals surface area contributed by atoms with Crippen LogP contribution in [0.4, 0.5) is 0 Å². The van der Waals surface area contributed by atoms with Crippen LogP contribution in [-0.2, 0) is 17.7 Å². The van der Waals surface area contributed by atoms with Gasteiger partial charge >= 0.3 is 0 Å². The molecule has 1 aromatic heterocycles. The van der Waals surface area contributed by atoms with E-state index in [1.807, 2.05) is 19.2 Å². The minimum atomic E-state index is 0.689. The van der Waals surface area contributed by atoms with Gasteiger partial charge in [0.15, 0.2) is 5.90 Å². The number of ether oxygens (including phenoxy) is 1. The van der Waals surface area contributed by atoms with E-state index in [1.54, 1.807) is 6.20 Å². The van der Waals surface area contributed by atoms with Crippen LogP contribution in [-0.4, -0.2) is 17.5 Å². The molecule has 0 saturated carbocycles. The van der Waals surface area contributed by atoms with Crippen molar-refractivity contribution in [1.82, 2.24) is 4.98 Å². The van der Waals surface area contributed by atoms with Crippen molar-refractivity contribution in [3.05, 3.63) is 29.6 Å². The zero-order chi connectivity index (χ0) is 9.10. The number of nitrogens with zero attached hydrogens (tertiary/aromatic N) is 2. The Bertz CT molecular complexity index is 333. The van der Waals surface area contributed by atoms with Crippen molar-refractivity contribution in [2.75, 3.05) is 6.61 Å². The van der Waals surface area contributed by atoms with Crippen LogP contribution in [0, 0.1) is 0 Å². The van der Waals surface area contributed by atoms with Crippen molar-refractivity contribution < 1.29 is 4.74 Å². The van der Waals surface area contributed by atoms with Gasteiger partial charge in [-0.2, -0.15) is 0 Å². The van der Waals surface area contributed by atoms with Crippen molar-refractivity contribution in [2.24, 2.45) is 4.99 Å². The Labute approximate surface area is 77.5 Å². The molecule has 0 fully saturated rings. The van der Waals surface area contributed by atoms with E-state index in [0.29, 0.717) is 6.61 Å². The first-order chi connectivity index (χ1) is 6.40. The number of hydrogen-bond acceptors (Lipinski definition) is 3. The lowest BCUT2D eigenvalue weighted by molar-refractivity contribution is 0.316. The summed E-state index contributed by atoms with van der Waals surface area (Å²) in [6.07, 6.45) is 4.49. The molecule has 0 radical (unpaired) electrons. The zero-order valence-electron chi connectivity index (χ0n) is 7.66. The van der Waals surface area contributed by atoms with Gasteiger partial charge in [-0.1, -0.05) is 0 Å². The van der Waals surface area contributed by atoms with Gasteiger partial charge in [0.2, 0.25) is 0 Å². The van der Waals surface area contributed by atoms with E-state index in [0.717, 1.165) is 18.9 Å². The van der Waals surface area contributed by atoms with E-state index < -0.39 is 0 Å². The van der Waals surface area contributed by atoms with Crippen LogP contribution in [0.1, 0.15) is 18.1 Å². The molecule has 0 spiro atoms. The Morgan fingerprint density at radius 3 is 3.23 bits per heavy atom. The first-order valence-corrected chi connectivity index (χ1v) is 4.48. The van der Waals surface area contributed by atoms with E-state index in [1.165, 1.54) is 11.1 Å². The summed E-state index contributed by atoms with van der Waals surface area (Å²) in [5, 5.41) is 0. The second kappa shape index (κ2) is 3.56. The molecule has 1 aromatic rings. The molecule has 3 nitrogen and oxygen atoms in total. The van der Waals surface area contributed by atoms with Gasteiger partial charge in [0.25, 0.3) is 0 Å². The smallest absolute Gasteiger partial charge is 0.188 e. The number of aromatic nitrogens is 1. The molecular formula is C10H12N2O. The second-order valence-electron chi connectivity index (χ2n) is 2.96. The summed E-state index contributed by atoms with van der Waals surface area (Å²) in [5.41, 5.74) is 2.50. The third-order valence-electron chi connectivity index (χ3n) is 2.08. The Morgan fingerprint density at radius 1 is 1.46 bits per heavy atom. The van der Waals surface area contributed by atoms with Gasteiger partial charge in [0.1, 0.15) is 0 Å². The predicted octanol–water partition coefficient (Wildman–Crippen LogP) is 1.57. The summed E-state index contributed by atoms with van der Waals surface area (Å²) in [4.78, 5) is 8.41. The Kier molecular flexibility index (Phi) is 2.25. The van der Waals surface area contributed by atoms with Gasteiger partial charge in [-0.3, -0.25) is 9.98 Å². The minimum absolute atomic E-state index is 0.689. The maximum absolute atomic E-state index is 5.36. The quantitative estimate of drug-likeness (QED) is 0.651. The average Bonchev–Trinajstić information content (AvgIpc) is 2.18. The summed E-state index contributed by atoms with van der Waals surface area (Å²) >= 11 is 0. The molecule has 0 N–H and O–H groups in total. The molecule has 0 bridgehead atoms. The molecule has 68 valence electrons. The number of pyridine rings is 1. The van der Waals surface area contributed by atoms with E-state index in [2.05, 4.69) is 9.98 Å². The van der Waals surface area contributed by atoms with Gasteiger partial charge < -0.3 is 4.74 Å². The van der Waals surface area contributed by atoms with Crippen molar-refractivity contribution >= 4 is 5.90 Å². The van der Waals surface area contributed by atoms with Crippen LogP contribution in [0.3, 0.4) is 0 Å². The van der Waals surface area contributed by atoms with E-state index in [9.17, 15) is 0 Å². The monoisotopic (exact) mass is 176 g/mol. The van der Waals surface area contributed by atoms with Crippen LogP contribution < -0.4 is 0 Å². The van der Waals surface area contributed by atoms with Gasteiger partial charge in [-0.25, -0.2) is 0 Å². The molecule has 0 unspecified atom stereocenters. The van der Waals surface area contributed by atoms with Crippen molar-refractivity contribution in [2.45, 2.75) is 19.9 Å². The molecule has 3 heteroatoms. The molecular weight excluding hydrogens is 164 g/mol. The molecule has 0 amide bonds. The fourth-order valence-corrected chi connectivity index (χ4v) is 1.42. The fourth-order valence-electron chi connectivity index (χ4n) is 1.42. The topological polar surface area (TPSA) is 34.5 Å². The second-order valence-corrected chi connectivity index (χ2v) is 2.96. The maximum Gasteiger partial charge on any atom is 0.188 e. The molecule has 1 aliphatic heterocycles. The highest BCUT2D eigenvalue weighted by Gasteiger charge is 2.12. The summed E-state index contributed by atoms with van der Waals surface area (Å²) in [7, 11) is 0. The average molecular weight is 176 g/mol. The molecule has 2 heterocycles. The standard InChI is InChI=1S/C10H12N2O/c1-2-13-10-5-9-6-11-4-3-8(9)7-12-10/h3-4,6H,2,5,7H2,1H3. The highest BCUT2D eigenvalue weighted by molar-refractivity contribution is 5.80. The summed E-state index contributed by atoms with van der Waals surface area (Å²) < 4.78 is 5.36. The van der Waals surface area contributed by atoms with E-state index in [4.69, 9.17) is 4.74 Å². The lowest BCUT2D eigenvalue weighted by Crippen LogP contribution is -2.14. The molecule has 0 aromatic carbocycles. The third kappa shape index (κ3) is 1.69. The summed E-state index contributed by atoms with van der Waals surface area (Å²) in [5.74, 6) is 0.836. The van der Waals surface area contributed by atoms with E-state index in [-0.39, 0.29) is 0 Å². The Morgan fingerprint density at radius 2 is 2.38 bits per heavy atom. The number of fused-ring (bicyclic) bond motifs is 1. The largest absolute Gasteiger partial charge is 0.481 e.